The standard InChI is InChI=1S/C11H11ClO2/c12-10-7-9(11(13)14-10)6-8-4-2-1-3-5-8/h1-5,9-10H,6-7H2. The molecule has 2 atom stereocenters. The van der Waals surface area contributed by atoms with Gasteiger partial charge in [-0.15, -0.1) is 0 Å². The number of cyclic esters (lactones) is 1. The van der Waals surface area contributed by atoms with Gasteiger partial charge in [-0.3, -0.25) is 4.79 Å². The molecular weight excluding hydrogens is 200 g/mol. The monoisotopic (exact) mass is 210 g/mol. The highest BCUT2D eigenvalue weighted by Gasteiger charge is 2.32. The van der Waals surface area contributed by atoms with Gasteiger partial charge >= 0.3 is 5.97 Å². The molecule has 0 aromatic heterocycles. The smallest absolute Gasteiger partial charge is 0.310 e. The Morgan fingerprint density at radius 2 is 2.07 bits per heavy atom. The number of benzene rings is 1. The third-order valence-corrected chi connectivity index (χ3v) is 2.64. The van der Waals surface area contributed by atoms with E-state index in [0.717, 1.165) is 12.0 Å². The van der Waals surface area contributed by atoms with Crippen molar-refractivity contribution in [2.24, 2.45) is 5.92 Å². The summed E-state index contributed by atoms with van der Waals surface area (Å²) in [5.41, 5.74) is 0.719. The third kappa shape index (κ3) is 2.07. The van der Waals surface area contributed by atoms with Crippen molar-refractivity contribution in [3.05, 3.63) is 35.9 Å². The number of halogens is 1. The molecule has 1 saturated heterocycles. The first-order chi connectivity index (χ1) is 6.75. The highest BCUT2D eigenvalue weighted by Crippen LogP contribution is 2.26. The summed E-state index contributed by atoms with van der Waals surface area (Å²) >= 11 is 5.72. The quantitative estimate of drug-likeness (QED) is 0.553. The number of alkyl halides is 1. The highest BCUT2D eigenvalue weighted by atomic mass is 35.5. The lowest BCUT2D eigenvalue weighted by Crippen LogP contribution is -2.10. The molecule has 0 N–H and O–H groups in total. The topological polar surface area (TPSA) is 26.3 Å². The summed E-state index contributed by atoms with van der Waals surface area (Å²) in [4.78, 5) is 11.3. The van der Waals surface area contributed by atoms with Crippen molar-refractivity contribution in [2.45, 2.75) is 18.4 Å². The largest absolute Gasteiger partial charge is 0.446 e. The van der Waals surface area contributed by atoms with Crippen molar-refractivity contribution >= 4 is 17.6 Å². The number of ether oxygens (including phenoxy) is 1. The molecule has 0 radical (unpaired) electrons. The van der Waals surface area contributed by atoms with Crippen LogP contribution >= 0.6 is 11.6 Å². The van der Waals surface area contributed by atoms with E-state index in [1.807, 2.05) is 30.3 Å². The van der Waals surface area contributed by atoms with Gasteiger partial charge in [-0.25, -0.2) is 0 Å². The van der Waals surface area contributed by atoms with Crippen molar-refractivity contribution in [1.82, 2.24) is 0 Å². The number of carbonyl (C=O) groups is 1. The van der Waals surface area contributed by atoms with Gasteiger partial charge in [-0.2, -0.15) is 0 Å². The fourth-order valence-corrected chi connectivity index (χ4v) is 1.96. The predicted octanol–water partition coefficient (Wildman–Crippen LogP) is 2.36. The molecule has 1 aromatic carbocycles. The molecule has 2 unspecified atom stereocenters. The first kappa shape index (κ1) is 9.53. The van der Waals surface area contributed by atoms with E-state index >= 15 is 0 Å². The molecule has 1 aromatic rings. The Labute approximate surface area is 87.8 Å². The van der Waals surface area contributed by atoms with Gasteiger partial charge in [-0.05, 0) is 12.0 Å². The molecular formula is C11H11ClO2. The SMILES string of the molecule is O=C1OC(Cl)CC1Cc1ccccc1. The van der Waals surface area contributed by atoms with Crippen molar-refractivity contribution < 1.29 is 9.53 Å². The molecule has 0 saturated carbocycles. The lowest BCUT2D eigenvalue weighted by molar-refractivity contribution is -0.142. The average Bonchev–Trinajstić information content (AvgIpc) is 2.47. The molecule has 1 aliphatic rings. The van der Waals surface area contributed by atoms with Crippen LogP contribution in [0.15, 0.2) is 30.3 Å². The molecule has 1 fully saturated rings. The van der Waals surface area contributed by atoms with Crippen molar-refractivity contribution in [1.29, 1.82) is 0 Å². The zero-order chi connectivity index (χ0) is 9.97. The van der Waals surface area contributed by atoms with Crippen LogP contribution in [-0.2, 0) is 16.0 Å². The van der Waals surface area contributed by atoms with Crippen molar-refractivity contribution in [2.75, 3.05) is 0 Å². The number of rotatable bonds is 2. The van der Waals surface area contributed by atoms with Crippen LogP contribution in [0.2, 0.25) is 0 Å². The van der Waals surface area contributed by atoms with Gasteiger partial charge in [0.25, 0.3) is 0 Å². The minimum Gasteiger partial charge on any atom is -0.446 e. The first-order valence-corrected chi connectivity index (χ1v) is 5.08. The van der Waals surface area contributed by atoms with E-state index in [9.17, 15) is 4.79 Å². The van der Waals surface area contributed by atoms with Crippen LogP contribution in [-0.4, -0.2) is 11.5 Å². The molecule has 2 nitrogen and oxygen atoms in total. The van der Waals surface area contributed by atoms with Crippen molar-refractivity contribution in [3.8, 4) is 0 Å². The minimum absolute atomic E-state index is 0.0695. The normalized spacial score (nSPS) is 26.2. The number of hydrogen-bond donors (Lipinski definition) is 0. The highest BCUT2D eigenvalue weighted by molar-refractivity contribution is 6.20. The Hall–Kier alpha value is -1.02. The number of carbonyl (C=O) groups excluding carboxylic acids is 1. The van der Waals surface area contributed by atoms with Gasteiger partial charge in [-0.1, -0.05) is 41.9 Å². The number of esters is 1. The third-order valence-electron chi connectivity index (χ3n) is 2.37. The Bertz CT molecular complexity index is 323. The molecule has 74 valence electrons. The molecule has 1 heterocycles. The lowest BCUT2D eigenvalue weighted by Gasteiger charge is -2.04. The molecule has 1 aliphatic heterocycles. The molecule has 0 amide bonds. The summed E-state index contributed by atoms with van der Waals surface area (Å²) < 4.78 is 4.87. The maximum absolute atomic E-state index is 11.3. The van der Waals surface area contributed by atoms with E-state index in [1.165, 1.54) is 0 Å². The Morgan fingerprint density at radius 1 is 1.36 bits per heavy atom. The average molecular weight is 211 g/mol. The second-order valence-corrected chi connectivity index (χ2v) is 3.96. The Balaban J connectivity index is 2.02. The summed E-state index contributed by atoms with van der Waals surface area (Å²) in [6.45, 7) is 0. The fourth-order valence-electron chi connectivity index (χ4n) is 1.66. The molecule has 14 heavy (non-hydrogen) atoms. The van der Waals surface area contributed by atoms with Gasteiger partial charge in [0.05, 0.1) is 5.92 Å². The van der Waals surface area contributed by atoms with Gasteiger partial charge < -0.3 is 4.74 Å². The van der Waals surface area contributed by atoms with Gasteiger partial charge in [0.2, 0.25) is 0 Å². The van der Waals surface area contributed by atoms with Crippen LogP contribution in [0.25, 0.3) is 0 Å². The van der Waals surface area contributed by atoms with Gasteiger partial charge in [0.15, 0.2) is 5.56 Å². The van der Waals surface area contributed by atoms with E-state index in [4.69, 9.17) is 16.3 Å². The summed E-state index contributed by atoms with van der Waals surface area (Å²) in [7, 11) is 0. The number of hydrogen-bond acceptors (Lipinski definition) is 2. The second-order valence-electron chi connectivity index (χ2n) is 3.47. The summed E-state index contributed by atoms with van der Waals surface area (Å²) in [5.74, 6) is -0.242. The Kier molecular flexibility index (Phi) is 2.73. The summed E-state index contributed by atoms with van der Waals surface area (Å²) in [6.07, 6.45) is 1.35. The lowest BCUT2D eigenvalue weighted by atomic mass is 9.98. The van der Waals surface area contributed by atoms with Crippen LogP contribution in [0.3, 0.4) is 0 Å². The molecule has 0 spiro atoms. The van der Waals surface area contributed by atoms with E-state index in [1.54, 1.807) is 0 Å². The van der Waals surface area contributed by atoms with E-state index in [-0.39, 0.29) is 11.9 Å². The molecule has 0 aliphatic carbocycles. The Morgan fingerprint density at radius 3 is 2.64 bits per heavy atom. The predicted molar refractivity (Wildman–Crippen MR) is 54.0 cm³/mol. The first-order valence-electron chi connectivity index (χ1n) is 4.64. The second kappa shape index (κ2) is 4.01. The maximum atomic E-state index is 11.3. The van der Waals surface area contributed by atoms with E-state index < -0.39 is 5.56 Å². The molecule has 2 rings (SSSR count). The van der Waals surface area contributed by atoms with Gasteiger partial charge in [0, 0.05) is 6.42 Å². The summed E-state index contributed by atoms with van der Waals surface area (Å²) in [6, 6.07) is 9.91. The molecule has 3 heteroatoms. The van der Waals surface area contributed by atoms with Crippen LogP contribution in [0.1, 0.15) is 12.0 Å². The molecule has 0 bridgehead atoms. The summed E-state index contributed by atoms with van der Waals surface area (Å²) in [5, 5.41) is 0. The minimum atomic E-state index is -0.434. The van der Waals surface area contributed by atoms with Crippen molar-refractivity contribution in [3.63, 3.8) is 0 Å². The van der Waals surface area contributed by atoms with Crippen LogP contribution in [0.5, 0.6) is 0 Å². The maximum Gasteiger partial charge on any atom is 0.310 e. The zero-order valence-corrected chi connectivity index (χ0v) is 8.41. The van der Waals surface area contributed by atoms with E-state index in [2.05, 4.69) is 0 Å². The van der Waals surface area contributed by atoms with Crippen LogP contribution < -0.4 is 0 Å². The van der Waals surface area contributed by atoms with Crippen LogP contribution in [0, 0.1) is 5.92 Å². The van der Waals surface area contributed by atoms with Crippen LogP contribution in [0.4, 0.5) is 0 Å². The van der Waals surface area contributed by atoms with Gasteiger partial charge in [0.1, 0.15) is 0 Å². The van der Waals surface area contributed by atoms with E-state index in [0.29, 0.717) is 6.42 Å². The fraction of sp³-hybridized carbons (Fsp3) is 0.364. The zero-order valence-electron chi connectivity index (χ0n) is 7.65.